The molecule has 2 rings (SSSR count). The number of nitrogens with two attached hydrogens (primary N) is 1. The molecule has 0 unspecified atom stereocenters. The second-order valence-corrected chi connectivity index (χ2v) is 3.92. The van der Waals surface area contributed by atoms with E-state index in [1.54, 1.807) is 11.0 Å². The lowest BCUT2D eigenvalue weighted by molar-refractivity contribution is -0.119. The summed E-state index contributed by atoms with van der Waals surface area (Å²) < 4.78 is 13.3. The van der Waals surface area contributed by atoms with Crippen molar-refractivity contribution in [1.29, 1.82) is 5.26 Å². The minimum Gasteiger partial charge on any atom is -0.368 e. The maximum Gasteiger partial charge on any atom is 0.240 e. The Hall–Kier alpha value is -2.16. The highest BCUT2D eigenvalue weighted by molar-refractivity contribution is 5.84. The highest BCUT2D eigenvalue weighted by atomic mass is 19.1. The molecule has 1 aliphatic rings. The monoisotopic (exact) mass is 234 g/mol. The molecular formula is C11H11FN4O. The van der Waals surface area contributed by atoms with Gasteiger partial charge in [0.2, 0.25) is 5.91 Å². The van der Waals surface area contributed by atoms with Crippen LogP contribution >= 0.6 is 0 Å². The van der Waals surface area contributed by atoms with Gasteiger partial charge in [-0.25, -0.2) is 9.37 Å². The van der Waals surface area contributed by atoms with Crippen molar-refractivity contribution in [1.82, 2.24) is 4.98 Å². The lowest BCUT2D eigenvalue weighted by Gasteiger charge is -2.23. The van der Waals surface area contributed by atoms with Crippen LogP contribution in [0.25, 0.3) is 0 Å². The number of hydrogen-bond donors (Lipinski definition) is 1. The van der Waals surface area contributed by atoms with E-state index in [1.807, 2.05) is 6.07 Å². The first-order valence-electron chi connectivity index (χ1n) is 5.18. The number of nitriles is 1. The van der Waals surface area contributed by atoms with E-state index in [0.717, 1.165) is 0 Å². The van der Waals surface area contributed by atoms with Crippen molar-refractivity contribution in [3.63, 3.8) is 0 Å². The number of nitrogens with zero attached hydrogens (tertiary/aromatic N) is 3. The zero-order valence-electron chi connectivity index (χ0n) is 9.01. The summed E-state index contributed by atoms with van der Waals surface area (Å²) in [7, 11) is 0. The van der Waals surface area contributed by atoms with Gasteiger partial charge in [-0.3, -0.25) is 4.79 Å². The Morgan fingerprint density at radius 1 is 1.65 bits per heavy atom. The molecule has 0 radical (unpaired) electrons. The third-order valence-electron chi connectivity index (χ3n) is 2.77. The van der Waals surface area contributed by atoms with Gasteiger partial charge in [-0.1, -0.05) is 0 Å². The fraction of sp³-hybridized carbons (Fsp3) is 0.364. The largest absolute Gasteiger partial charge is 0.368 e. The molecule has 2 atom stereocenters. The molecule has 1 aromatic rings. The van der Waals surface area contributed by atoms with Crippen LogP contribution in [0.3, 0.4) is 0 Å². The average Bonchev–Trinajstić information content (AvgIpc) is 2.72. The molecule has 5 nitrogen and oxygen atoms in total. The third kappa shape index (κ3) is 2.18. The first-order chi connectivity index (χ1) is 8.11. The van der Waals surface area contributed by atoms with Gasteiger partial charge in [0.15, 0.2) is 0 Å². The lowest BCUT2D eigenvalue weighted by atomic mass is 10.2. The molecule has 0 aliphatic carbocycles. The van der Waals surface area contributed by atoms with Gasteiger partial charge >= 0.3 is 0 Å². The van der Waals surface area contributed by atoms with E-state index in [4.69, 9.17) is 11.0 Å². The Morgan fingerprint density at radius 2 is 2.41 bits per heavy atom. The van der Waals surface area contributed by atoms with Crippen LogP contribution in [0, 0.1) is 11.3 Å². The van der Waals surface area contributed by atoms with E-state index in [-0.39, 0.29) is 18.7 Å². The molecule has 1 saturated heterocycles. The Kier molecular flexibility index (Phi) is 2.91. The SMILES string of the molecule is N#Cc1ccc(N2C[C@H](F)C[C@H]2C(N)=O)cn1. The average molecular weight is 234 g/mol. The van der Waals surface area contributed by atoms with Gasteiger partial charge in [0.05, 0.1) is 18.4 Å². The molecule has 1 fully saturated rings. The molecule has 1 aromatic heterocycles. The van der Waals surface area contributed by atoms with E-state index in [0.29, 0.717) is 5.69 Å². The minimum absolute atomic E-state index is 0.106. The van der Waals surface area contributed by atoms with Gasteiger partial charge in [0.25, 0.3) is 0 Å². The lowest BCUT2D eigenvalue weighted by Crippen LogP contribution is -2.40. The van der Waals surface area contributed by atoms with Crippen molar-refractivity contribution in [2.24, 2.45) is 5.73 Å². The number of halogens is 1. The standard InChI is InChI=1S/C11H11FN4O/c12-7-3-10(11(14)17)16(6-7)9-2-1-8(4-13)15-5-9/h1-2,5,7,10H,3,6H2,(H2,14,17)/t7-,10+/m1/s1. The number of rotatable bonds is 2. The van der Waals surface area contributed by atoms with Crippen LogP contribution in [0.4, 0.5) is 10.1 Å². The fourth-order valence-corrected chi connectivity index (χ4v) is 1.96. The van der Waals surface area contributed by atoms with E-state index < -0.39 is 18.1 Å². The molecule has 1 amide bonds. The predicted octanol–water partition coefficient (Wildman–Crippen LogP) is 0.355. The van der Waals surface area contributed by atoms with Crippen LogP contribution in [0.1, 0.15) is 12.1 Å². The summed E-state index contributed by atoms with van der Waals surface area (Å²) in [6.07, 6.45) is 0.491. The zero-order valence-corrected chi connectivity index (χ0v) is 9.01. The van der Waals surface area contributed by atoms with Crippen LogP contribution < -0.4 is 10.6 Å². The summed E-state index contributed by atoms with van der Waals surface area (Å²) in [6.45, 7) is 0.126. The minimum atomic E-state index is -1.07. The number of alkyl halides is 1. The summed E-state index contributed by atoms with van der Waals surface area (Å²) in [6, 6.07) is 4.42. The van der Waals surface area contributed by atoms with E-state index in [9.17, 15) is 9.18 Å². The zero-order chi connectivity index (χ0) is 12.4. The molecule has 2 N–H and O–H groups in total. The van der Waals surface area contributed by atoms with Gasteiger partial charge in [-0.05, 0) is 12.1 Å². The highest BCUT2D eigenvalue weighted by Crippen LogP contribution is 2.26. The van der Waals surface area contributed by atoms with E-state index in [1.165, 1.54) is 12.3 Å². The number of hydrogen-bond acceptors (Lipinski definition) is 4. The molecular weight excluding hydrogens is 223 g/mol. The van der Waals surface area contributed by atoms with Crippen molar-refractivity contribution in [2.45, 2.75) is 18.6 Å². The molecule has 0 aromatic carbocycles. The molecule has 2 heterocycles. The van der Waals surface area contributed by atoms with Crippen molar-refractivity contribution in [3.8, 4) is 6.07 Å². The first kappa shape index (κ1) is 11.3. The Labute approximate surface area is 97.7 Å². The quantitative estimate of drug-likeness (QED) is 0.800. The smallest absolute Gasteiger partial charge is 0.240 e. The van der Waals surface area contributed by atoms with E-state index in [2.05, 4.69) is 4.98 Å². The highest BCUT2D eigenvalue weighted by Gasteiger charge is 2.35. The number of carbonyl (C=O) groups excluding carboxylic acids is 1. The molecule has 6 heteroatoms. The molecule has 0 saturated carbocycles. The molecule has 0 bridgehead atoms. The second-order valence-electron chi connectivity index (χ2n) is 3.92. The van der Waals surface area contributed by atoms with Crippen LogP contribution in [-0.2, 0) is 4.79 Å². The Morgan fingerprint density at radius 3 is 2.94 bits per heavy atom. The molecule has 88 valence electrons. The summed E-state index contributed by atoms with van der Waals surface area (Å²) in [5.74, 6) is -0.547. The number of primary amides is 1. The van der Waals surface area contributed by atoms with Gasteiger partial charge in [-0.2, -0.15) is 5.26 Å². The van der Waals surface area contributed by atoms with Crippen LogP contribution in [0.15, 0.2) is 18.3 Å². The van der Waals surface area contributed by atoms with Gasteiger partial charge in [0, 0.05) is 6.42 Å². The number of amides is 1. The van der Waals surface area contributed by atoms with Gasteiger partial charge in [-0.15, -0.1) is 0 Å². The maximum absolute atomic E-state index is 13.3. The first-order valence-corrected chi connectivity index (χ1v) is 5.18. The van der Waals surface area contributed by atoms with Crippen molar-refractivity contribution < 1.29 is 9.18 Å². The summed E-state index contributed by atoms with van der Waals surface area (Å²) in [5.41, 5.74) is 6.11. The number of aromatic nitrogens is 1. The summed E-state index contributed by atoms with van der Waals surface area (Å²) in [5, 5.41) is 8.62. The van der Waals surface area contributed by atoms with E-state index >= 15 is 0 Å². The normalized spacial score (nSPS) is 23.4. The fourth-order valence-electron chi connectivity index (χ4n) is 1.96. The molecule has 17 heavy (non-hydrogen) atoms. The number of carbonyl (C=O) groups is 1. The molecule has 1 aliphatic heterocycles. The number of anilines is 1. The Bertz CT molecular complexity index is 467. The van der Waals surface area contributed by atoms with Crippen molar-refractivity contribution in [2.75, 3.05) is 11.4 Å². The second kappa shape index (κ2) is 4.37. The third-order valence-corrected chi connectivity index (χ3v) is 2.77. The van der Waals surface area contributed by atoms with Gasteiger partial charge in [0.1, 0.15) is 24.0 Å². The Balaban J connectivity index is 2.26. The van der Waals surface area contributed by atoms with Crippen LogP contribution in [0.2, 0.25) is 0 Å². The summed E-state index contributed by atoms with van der Waals surface area (Å²) >= 11 is 0. The van der Waals surface area contributed by atoms with Crippen molar-refractivity contribution >= 4 is 11.6 Å². The van der Waals surface area contributed by atoms with Crippen LogP contribution in [0.5, 0.6) is 0 Å². The topological polar surface area (TPSA) is 83.0 Å². The van der Waals surface area contributed by atoms with Crippen LogP contribution in [-0.4, -0.2) is 29.6 Å². The summed E-state index contributed by atoms with van der Waals surface area (Å²) in [4.78, 5) is 16.7. The van der Waals surface area contributed by atoms with Gasteiger partial charge < -0.3 is 10.6 Å². The van der Waals surface area contributed by atoms with Crippen molar-refractivity contribution in [3.05, 3.63) is 24.0 Å². The predicted molar refractivity (Wildman–Crippen MR) is 58.8 cm³/mol. The number of pyridine rings is 1. The maximum atomic E-state index is 13.3. The molecule has 0 spiro atoms.